The van der Waals surface area contributed by atoms with Crippen molar-refractivity contribution in [2.45, 2.75) is 0 Å². The molecule has 1 amide bonds. The summed E-state index contributed by atoms with van der Waals surface area (Å²) >= 11 is 1.52. The van der Waals surface area contributed by atoms with E-state index in [1.54, 1.807) is 0 Å². The summed E-state index contributed by atoms with van der Waals surface area (Å²) in [6.45, 7) is 4.39. The number of aromatic nitrogens is 1. The van der Waals surface area contributed by atoms with E-state index in [0.717, 1.165) is 36.4 Å². The van der Waals surface area contributed by atoms with E-state index in [9.17, 15) is 4.79 Å². The number of rotatable bonds is 3. The van der Waals surface area contributed by atoms with Gasteiger partial charge >= 0.3 is 0 Å². The second-order valence-corrected chi connectivity index (χ2v) is 6.14. The second-order valence-electron chi connectivity index (χ2n) is 5.11. The first-order valence-electron chi connectivity index (χ1n) is 6.77. The second kappa shape index (κ2) is 7.17. The summed E-state index contributed by atoms with van der Waals surface area (Å²) in [5.41, 5.74) is 0.937. The van der Waals surface area contributed by atoms with Gasteiger partial charge in [0.25, 0.3) is 0 Å². The number of anilines is 1. The quantitative estimate of drug-likeness (QED) is 0.936. The van der Waals surface area contributed by atoms with E-state index >= 15 is 0 Å². The van der Waals surface area contributed by atoms with Crippen LogP contribution < -0.4 is 5.32 Å². The van der Waals surface area contributed by atoms with E-state index in [1.807, 2.05) is 24.3 Å². The molecule has 0 radical (unpaired) electrons. The van der Waals surface area contributed by atoms with E-state index in [1.165, 1.54) is 11.3 Å². The number of hydrogen-bond acceptors (Lipinski definition) is 5. The first kappa shape index (κ1) is 16.2. The van der Waals surface area contributed by atoms with Gasteiger partial charge in [0.05, 0.1) is 16.8 Å². The molecule has 1 N–H and O–H groups in total. The van der Waals surface area contributed by atoms with Crippen LogP contribution >= 0.6 is 23.7 Å². The van der Waals surface area contributed by atoms with Crippen LogP contribution in [0, 0.1) is 0 Å². The number of nitrogens with one attached hydrogen (secondary N) is 1. The Hall–Kier alpha value is -1.21. The maximum absolute atomic E-state index is 12.0. The third-order valence-corrected chi connectivity index (χ3v) is 4.46. The summed E-state index contributed by atoms with van der Waals surface area (Å²) in [6.07, 6.45) is 0. The number of carbonyl (C=O) groups excluding carboxylic acids is 1. The fourth-order valence-electron chi connectivity index (χ4n) is 2.29. The molecule has 0 aliphatic carbocycles. The number of para-hydroxylation sites is 1. The Bertz CT molecular complexity index is 577. The molecule has 1 aliphatic heterocycles. The molecule has 3 rings (SSSR count). The number of carbonyl (C=O) groups is 1. The van der Waals surface area contributed by atoms with Gasteiger partial charge in [-0.25, -0.2) is 4.98 Å². The van der Waals surface area contributed by atoms with Gasteiger partial charge in [0, 0.05) is 26.2 Å². The van der Waals surface area contributed by atoms with Gasteiger partial charge in [-0.15, -0.1) is 12.4 Å². The van der Waals surface area contributed by atoms with Crippen LogP contribution in [0.1, 0.15) is 0 Å². The monoisotopic (exact) mass is 326 g/mol. The van der Waals surface area contributed by atoms with Crippen molar-refractivity contribution in [3.63, 3.8) is 0 Å². The number of nitrogens with zero attached hydrogens (tertiary/aromatic N) is 3. The van der Waals surface area contributed by atoms with Gasteiger partial charge in [-0.3, -0.25) is 9.69 Å². The van der Waals surface area contributed by atoms with Crippen LogP contribution in [-0.4, -0.2) is 60.5 Å². The number of hydrogen-bond donors (Lipinski definition) is 1. The number of benzene rings is 1. The van der Waals surface area contributed by atoms with E-state index in [4.69, 9.17) is 0 Å². The highest BCUT2D eigenvalue weighted by Crippen LogP contribution is 2.25. The molecule has 7 heteroatoms. The zero-order valence-corrected chi connectivity index (χ0v) is 13.5. The van der Waals surface area contributed by atoms with Crippen molar-refractivity contribution in [2.75, 3.05) is 45.1 Å². The lowest BCUT2D eigenvalue weighted by molar-refractivity contribution is -0.117. The predicted molar refractivity (Wildman–Crippen MR) is 89.4 cm³/mol. The Kier molecular flexibility index (Phi) is 5.52. The molecular weight excluding hydrogens is 308 g/mol. The average molecular weight is 327 g/mol. The number of fused-ring (bicyclic) bond motifs is 1. The number of piperazine rings is 1. The lowest BCUT2D eigenvalue weighted by atomic mass is 10.3. The largest absolute Gasteiger partial charge is 0.304 e. The van der Waals surface area contributed by atoms with Crippen molar-refractivity contribution in [1.29, 1.82) is 0 Å². The van der Waals surface area contributed by atoms with E-state index in [0.29, 0.717) is 11.7 Å². The third-order valence-electron chi connectivity index (χ3n) is 3.50. The molecule has 114 valence electrons. The van der Waals surface area contributed by atoms with Crippen LogP contribution in [0.25, 0.3) is 10.2 Å². The van der Waals surface area contributed by atoms with Gasteiger partial charge < -0.3 is 10.2 Å². The average Bonchev–Trinajstić information content (AvgIpc) is 2.83. The number of amides is 1. The highest BCUT2D eigenvalue weighted by Gasteiger charge is 2.17. The van der Waals surface area contributed by atoms with Gasteiger partial charge in [0.15, 0.2) is 5.13 Å². The van der Waals surface area contributed by atoms with Crippen LogP contribution in [0.4, 0.5) is 5.13 Å². The van der Waals surface area contributed by atoms with Crippen molar-refractivity contribution in [2.24, 2.45) is 0 Å². The van der Waals surface area contributed by atoms with Crippen LogP contribution in [0.5, 0.6) is 0 Å². The summed E-state index contributed by atoms with van der Waals surface area (Å²) in [7, 11) is 2.11. The van der Waals surface area contributed by atoms with Crippen LogP contribution in [0.2, 0.25) is 0 Å². The Labute approximate surface area is 134 Å². The number of halogens is 1. The number of likely N-dealkylation sites (N-methyl/N-ethyl adjacent to an activating group) is 1. The van der Waals surface area contributed by atoms with Crippen LogP contribution in [0.3, 0.4) is 0 Å². The minimum Gasteiger partial charge on any atom is -0.304 e. The molecule has 0 saturated carbocycles. The molecule has 1 fully saturated rings. The fourth-order valence-corrected chi connectivity index (χ4v) is 3.18. The minimum absolute atomic E-state index is 0. The summed E-state index contributed by atoms with van der Waals surface area (Å²) in [5, 5.41) is 3.59. The summed E-state index contributed by atoms with van der Waals surface area (Å²) in [5.74, 6) is 0.0219. The van der Waals surface area contributed by atoms with Gasteiger partial charge in [-0.1, -0.05) is 23.5 Å². The molecule has 2 aromatic rings. The highest BCUT2D eigenvalue weighted by atomic mass is 35.5. The van der Waals surface area contributed by atoms with E-state index in [2.05, 4.69) is 27.1 Å². The lowest BCUT2D eigenvalue weighted by Crippen LogP contribution is -2.47. The van der Waals surface area contributed by atoms with E-state index in [-0.39, 0.29) is 18.3 Å². The summed E-state index contributed by atoms with van der Waals surface area (Å²) < 4.78 is 1.10. The van der Waals surface area contributed by atoms with Crippen molar-refractivity contribution < 1.29 is 4.79 Å². The Morgan fingerprint density at radius 2 is 2.00 bits per heavy atom. The van der Waals surface area contributed by atoms with Gasteiger partial charge in [-0.2, -0.15) is 0 Å². The smallest absolute Gasteiger partial charge is 0.240 e. The molecule has 0 atom stereocenters. The molecule has 2 heterocycles. The van der Waals surface area contributed by atoms with Crippen LogP contribution in [-0.2, 0) is 4.79 Å². The van der Waals surface area contributed by atoms with Gasteiger partial charge in [0.2, 0.25) is 5.91 Å². The first-order valence-corrected chi connectivity index (χ1v) is 7.59. The molecule has 21 heavy (non-hydrogen) atoms. The Morgan fingerprint density at radius 3 is 2.71 bits per heavy atom. The van der Waals surface area contributed by atoms with Crippen molar-refractivity contribution in [3.8, 4) is 0 Å². The molecule has 1 aromatic carbocycles. The zero-order chi connectivity index (χ0) is 13.9. The predicted octanol–water partition coefficient (Wildman–Crippen LogP) is 1.90. The van der Waals surface area contributed by atoms with Crippen molar-refractivity contribution in [3.05, 3.63) is 24.3 Å². The first-order chi connectivity index (χ1) is 9.70. The summed E-state index contributed by atoms with van der Waals surface area (Å²) in [6, 6.07) is 7.92. The molecular formula is C14H19ClN4OS. The van der Waals surface area contributed by atoms with Crippen molar-refractivity contribution in [1.82, 2.24) is 14.8 Å². The Balaban J connectivity index is 0.00000161. The third kappa shape index (κ3) is 4.14. The molecule has 1 aromatic heterocycles. The Morgan fingerprint density at radius 1 is 1.29 bits per heavy atom. The molecule has 0 spiro atoms. The molecule has 0 unspecified atom stereocenters. The van der Waals surface area contributed by atoms with Crippen molar-refractivity contribution >= 4 is 45.0 Å². The normalized spacial score (nSPS) is 16.6. The maximum Gasteiger partial charge on any atom is 0.240 e. The lowest BCUT2D eigenvalue weighted by Gasteiger charge is -2.31. The molecule has 1 aliphatic rings. The highest BCUT2D eigenvalue weighted by molar-refractivity contribution is 7.22. The van der Waals surface area contributed by atoms with Gasteiger partial charge in [-0.05, 0) is 19.2 Å². The fraction of sp³-hybridized carbons (Fsp3) is 0.429. The molecule has 5 nitrogen and oxygen atoms in total. The minimum atomic E-state index is 0. The SMILES string of the molecule is CN1CCN(CC(=O)Nc2nc3ccccc3s2)CC1.Cl. The molecule has 1 saturated heterocycles. The zero-order valence-electron chi connectivity index (χ0n) is 11.9. The maximum atomic E-state index is 12.0. The van der Waals surface area contributed by atoms with Crippen LogP contribution in [0.15, 0.2) is 24.3 Å². The molecule has 0 bridgehead atoms. The topological polar surface area (TPSA) is 48.5 Å². The summed E-state index contributed by atoms with van der Waals surface area (Å²) in [4.78, 5) is 20.9. The van der Waals surface area contributed by atoms with Gasteiger partial charge in [0.1, 0.15) is 0 Å². The number of thiazole rings is 1. The standard InChI is InChI=1S/C14H18N4OS.ClH/c1-17-6-8-18(9-7-17)10-13(19)16-14-15-11-4-2-3-5-12(11)20-14;/h2-5H,6-10H2,1H3,(H,15,16,19);1H. The van der Waals surface area contributed by atoms with E-state index < -0.39 is 0 Å².